The fraction of sp³-hybridized carbons (Fsp3) is 0.407. The van der Waals surface area contributed by atoms with Crippen LogP contribution in [0.2, 0.25) is 5.02 Å². The molecule has 2 saturated heterocycles. The van der Waals surface area contributed by atoms with Gasteiger partial charge in [0.2, 0.25) is 5.91 Å². The maximum Gasteiger partial charge on any atom is 0.410 e. The molecule has 2 aromatic carbocycles. The molecule has 2 unspecified atom stereocenters. The summed E-state index contributed by atoms with van der Waals surface area (Å²) < 4.78 is 18.9. The van der Waals surface area contributed by atoms with Gasteiger partial charge in [-0.05, 0) is 62.2 Å². The van der Waals surface area contributed by atoms with Crippen molar-refractivity contribution in [1.29, 1.82) is 0 Å². The molecular formula is C27H32ClFN4O3. The second-order valence-electron chi connectivity index (χ2n) is 10.4. The number of piperazine rings is 2. The highest BCUT2D eigenvalue weighted by Crippen LogP contribution is 2.27. The van der Waals surface area contributed by atoms with Crippen molar-refractivity contribution in [2.75, 3.05) is 31.9 Å². The van der Waals surface area contributed by atoms with Crippen LogP contribution < -0.4 is 5.73 Å². The molecule has 2 aromatic rings. The summed E-state index contributed by atoms with van der Waals surface area (Å²) in [4.78, 5) is 32.0. The van der Waals surface area contributed by atoms with Crippen molar-refractivity contribution in [3.8, 4) is 0 Å². The first kappa shape index (κ1) is 26.0. The molecule has 2 bridgehead atoms. The number of fused-ring (bicyclic) bond motifs is 2. The van der Waals surface area contributed by atoms with Gasteiger partial charge in [-0.25, -0.2) is 9.18 Å². The van der Waals surface area contributed by atoms with Gasteiger partial charge in [-0.15, -0.1) is 0 Å². The molecule has 0 spiro atoms. The summed E-state index contributed by atoms with van der Waals surface area (Å²) in [5.41, 5.74) is 7.63. The van der Waals surface area contributed by atoms with Gasteiger partial charge in [-0.3, -0.25) is 9.69 Å². The lowest BCUT2D eigenvalue weighted by Crippen LogP contribution is -2.70. The van der Waals surface area contributed by atoms with Gasteiger partial charge in [-0.2, -0.15) is 0 Å². The van der Waals surface area contributed by atoms with E-state index in [4.69, 9.17) is 22.1 Å². The second-order valence-corrected chi connectivity index (χ2v) is 10.8. The largest absolute Gasteiger partial charge is 0.444 e. The number of benzene rings is 2. The molecule has 2 N–H and O–H groups in total. The van der Waals surface area contributed by atoms with Gasteiger partial charge in [0.25, 0.3) is 0 Å². The van der Waals surface area contributed by atoms with Gasteiger partial charge in [0.15, 0.2) is 0 Å². The average molecular weight is 515 g/mol. The summed E-state index contributed by atoms with van der Waals surface area (Å²) in [7, 11) is 0. The van der Waals surface area contributed by atoms with E-state index in [0.717, 1.165) is 5.56 Å². The van der Waals surface area contributed by atoms with E-state index < -0.39 is 5.60 Å². The number of nitrogens with zero attached hydrogens (tertiary/aromatic N) is 3. The third-order valence-corrected chi connectivity index (χ3v) is 6.50. The fourth-order valence-corrected chi connectivity index (χ4v) is 4.96. The fourth-order valence-electron chi connectivity index (χ4n) is 4.78. The topological polar surface area (TPSA) is 79.1 Å². The molecule has 0 saturated carbocycles. The van der Waals surface area contributed by atoms with Crippen LogP contribution in [0, 0.1) is 5.82 Å². The Kier molecular flexibility index (Phi) is 7.57. The van der Waals surface area contributed by atoms with E-state index in [1.54, 1.807) is 41.3 Å². The molecule has 9 heteroatoms. The number of anilines is 1. The standard InChI is InChI=1S/C27H32ClFN4O3/c1-27(2,3)36-26(35)32-16-22-14-31(13-18-4-9-21(29)10-5-18)15-23(17-32)33(22)25(34)11-7-19-6-8-20(28)12-24(19)30/h4-12,22-23H,13-17,30H2,1-3H3/b11-7+. The van der Waals surface area contributed by atoms with Crippen LogP contribution in [0.25, 0.3) is 6.08 Å². The van der Waals surface area contributed by atoms with E-state index in [-0.39, 0.29) is 29.9 Å². The first-order valence-electron chi connectivity index (χ1n) is 12.0. The van der Waals surface area contributed by atoms with Gasteiger partial charge >= 0.3 is 6.09 Å². The van der Waals surface area contributed by atoms with Crippen LogP contribution in [-0.4, -0.2) is 70.6 Å². The zero-order chi connectivity index (χ0) is 26.0. The number of nitrogens with two attached hydrogens (primary N) is 1. The number of hydrogen-bond acceptors (Lipinski definition) is 5. The van der Waals surface area contributed by atoms with Crippen molar-refractivity contribution < 1.29 is 18.7 Å². The Morgan fingerprint density at radius 2 is 1.72 bits per heavy atom. The summed E-state index contributed by atoms with van der Waals surface area (Å²) in [6.45, 7) is 8.04. The molecule has 7 nitrogen and oxygen atoms in total. The Morgan fingerprint density at radius 3 is 2.31 bits per heavy atom. The van der Waals surface area contributed by atoms with Crippen LogP contribution in [0.3, 0.4) is 0 Å². The summed E-state index contributed by atoms with van der Waals surface area (Å²) in [6, 6.07) is 11.2. The molecule has 2 amide bonds. The number of rotatable bonds is 4. The van der Waals surface area contributed by atoms with Crippen LogP contribution in [0.5, 0.6) is 0 Å². The molecule has 2 atom stereocenters. The highest BCUT2D eigenvalue weighted by Gasteiger charge is 2.44. The predicted octanol–water partition coefficient (Wildman–Crippen LogP) is 4.41. The highest BCUT2D eigenvalue weighted by atomic mass is 35.5. The Hall–Kier alpha value is -3.10. The van der Waals surface area contributed by atoms with Crippen LogP contribution in [0.1, 0.15) is 31.9 Å². The molecule has 2 fully saturated rings. The van der Waals surface area contributed by atoms with Crippen LogP contribution in [0.15, 0.2) is 48.5 Å². The zero-order valence-electron chi connectivity index (χ0n) is 20.8. The maximum atomic E-state index is 13.3. The number of nitrogen functional groups attached to an aromatic ring is 1. The lowest BCUT2D eigenvalue weighted by molar-refractivity contribution is -0.140. The molecule has 2 aliphatic rings. The van der Waals surface area contributed by atoms with Crippen molar-refractivity contribution in [1.82, 2.24) is 14.7 Å². The summed E-state index contributed by atoms with van der Waals surface area (Å²) in [5, 5.41) is 0.532. The van der Waals surface area contributed by atoms with E-state index in [1.165, 1.54) is 18.2 Å². The minimum absolute atomic E-state index is 0.135. The SMILES string of the molecule is CC(C)(C)OC(=O)N1CC2CN(Cc3ccc(F)cc3)CC(C1)N2C(=O)/C=C/c1ccc(Cl)cc1N. The highest BCUT2D eigenvalue weighted by molar-refractivity contribution is 6.30. The van der Waals surface area contributed by atoms with Crippen molar-refractivity contribution in [2.24, 2.45) is 0 Å². The van der Waals surface area contributed by atoms with E-state index >= 15 is 0 Å². The van der Waals surface area contributed by atoms with E-state index in [9.17, 15) is 14.0 Å². The minimum atomic E-state index is -0.602. The third-order valence-electron chi connectivity index (χ3n) is 6.27. The monoisotopic (exact) mass is 514 g/mol. The Bertz CT molecular complexity index is 1130. The lowest BCUT2D eigenvalue weighted by Gasteiger charge is -2.52. The van der Waals surface area contributed by atoms with Crippen LogP contribution >= 0.6 is 11.6 Å². The van der Waals surface area contributed by atoms with Crippen LogP contribution in [0.4, 0.5) is 14.9 Å². The number of hydrogen-bond donors (Lipinski definition) is 1. The van der Waals surface area contributed by atoms with Gasteiger partial charge in [0.05, 0.1) is 12.1 Å². The Morgan fingerprint density at radius 1 is 1.08 bits per heavy atom. The molecular weight excluding hydrogens is 483 g/mol. The lowest BCUT2D eigenvalue weighted by atomic mass is 9.99. The molecule has 192 valence electrons. The van der Waals surface area contributed by atoms with Crippen molar-refractivity contribution in [3.05, 3.63) is 70.5 Å². The van der Waals surface area contributed by atoms with Gasteiger partial charge in [-0.1, -0.05) is 29.8 Å². The van der Waals surface area contributed by atoms with E-state index in [0.29, 0.717) is 49.0 Å². The normalized spacial score (nSPS) is 20.6. The molecule has 0 aliphatic carbocycles. The smallest absolute Gasteiger partial charge is 0.410 e. The third kappa shape index (κ3) is 6.36. The number of amides is 2. The molecule has 2 heterocycles. The van der Waals surface area contributed by atoms with Crippen LogP contribution in [-0.2, 0) is 16.1 Å². The second kappa shape index (κ2) is 10.5. The molecule has 4 rings (SSSR count). The summed E-state index contributed by atoms with van der Waals surface area (Å²) in [6.07, 6.45) is 2.85. The molecule has 0 radical (unpaired) electrons. The van der Waals surface area contributed by atoms with Crippen molar-refractivity contribution >= 4 is 35.4 Å². The Balaban J connectivity index is 1.52. The molecule has 36 heavy (non-hydrogen) atoms. The van der Waals surface area contributed by atoms with Gasteiger partial charge < -0.3 is 20.3 Å². The average Bonchev–Trinajstić information content (AvgIpc) is 2.78. The van der Waals surface area contributed by atoms with Crippen molar-refractivity contribution in [3.63, 3.8) is 0 Å². The maximum absolute atomic E-state index is 13.3. The number of carbonyl (C=O) groups is 2. The minimum Gasteiger partial charge on any atom is -0.444 e. The number of halogens is 2. The summed E-state index contributed by atoms with van der Waals surface area (Å²) in [5.74, 6) is -0.406. The van der Waals surface area contributed by atoms with E-state index in [1.807, 2.05) is 25.7 Å². The van der Waals surface area contributed by atoms with Gasteiger partial charge in [0, 0.05) is 49.5 Å². The van der Waals surface area contributed by atoms with Gasteiger partial charge in [0.1, 0.15) is 11.4 Å². The quantitative estimate of drug-likeness (QED) is 0.483. The van der Waals surface area contributed by atoms with E-state index in [2.05, 4.69) is 4.90 Å². The predicted molar refractivity (Wildman–Crippen MR) is 139 cm³/mol. The summed E-state index contributed by atoms with van der Waals surface area (Å²) >= 11 is 5.98. The molecule has 2 aliphatic heterocycles. The van der Waals surface area contributed by atoms with Crippen molar-refractivity contribution in [2.45, 2.75) is 45.0 Å². The number of ether oxygens (including phenoxy) is 1. The zero-order valence-corrected chi connectivity index (χ0v) is 21.5. The first-order valence-corrected chi connectivity index (χ1v) is 12.4. The number of carbonyl (C=O) groups excluding carboxylic acids is 2. The molecule has 0 aromatic heterocycles. The first-order chi connectivity index (χ1) is 17.0. The Labute approximate surface area is 216 Å².